The average Bonchev–Trinajstić information content (AvgIpc) is 2.74. The van der Waals surface area contributed by atoms with Crippen molar-refractivity contribution in [2.45, 2.75) is 6.18 Å². The molecule has 0 saturated carbocycles. The van der Waals surface area contributed by atoms with Gasteiger partial charge in [0, 0.05) is 5.69 Å². The summed E-state index contributed by atoms with van der Waals surface area (Å²) in [6.07, 6.45) is -4.70. The molecular formula is C16H16F3N5O6S. The third kappa shape index (κ3) is 7.00. The summed E-state index contributed by atoms with van der Waals surface area (Å²) in [5.74, 6) is -2.97. The number of carbonyl (C=O) groups excluding carboxylic acids is 4. The number of thiocarbonyl (C=S) groups is 1. The van der Waals surface area contributed by atoms with E-state index in [-0.39, 0.29) is 10.8 Å². The van der Waals surface area contributed by atoms with Crippen LogP contribution in [-0.2, 0) is 34.8 Å². The number of Topliss-reactive ketones (excluding diaryl/α,β-unsaturated/α-hetero) is 1. The quantitative estimate of drug-likeness (QED) is 0.0815. The number of rotatable bonds is 7. The Morgan fingerprint density at radius 2 is 1.81 bits per heavy atom. The molecule has 0 spiro atoms. The van der Waals surface area contributed by atoms with Gasteiger partial charge in [-0.15, -0.1) is 0 Å². The van der Waals surface area contributed by atoms with Gasteiger partial charge < -0.3 is 14.8 Å². The molecule has 1 aromatic rings. The summed E-state index contributed by atoms with van der Waals surface area (Å²) in [6.45, 7) is 0. The van der Waals surface area contributed by atoms with E-state index in [0.717, 1.165) is 32.4 Å². The van der Waals surface area contributed by atoms with Crippen LogP contribution in [0.15, 0.2) is 29.4 Å². The van der Waals surface area contributed by atoms with Gasteiger partial charge in [-0.2, -0.15) is 18.3 Å². The molecule has 0 fully saturated rings. The molecule has 15 heteroatoms. The van der Waals surface area contributed by atoms with Gasteiger partial charge in [0.1, 0.15) is 0 Å². The first-order chi connectivity index (χ1) is 14.5. The van der Waals surface area contributed by atoms with Crippen molar-refractivity contribution in [3.63, 3.8) is 0 Å². The lowest BCUT2D eigenvalue weighted by atomic mass is 9.97. The summed E-state index contributed by atoms with van der Waals surface area (Å²) in [7, 11) is 1.76. The predicted molar refractivity (Wildman–Crippen MR) is 103 cm³/mol. The minimum Gasteiger partial charge on any atom is -0.468 e. The van der Waals surface area contributed by atoms with Crippen LogP contribution >= 0.6 is 12.2 Å². The number of nitrogens with zero attached hydrogens (tertiary/aromatic N) is 1. The maximum atomic E-state index is 12.8. The Balaban J connectivity index is 3.27. The van der Waals surface area contributed by atoms with Gasteiger partial charge in [-0.25, -0.2) is 10.6 Å². The van der Waals surface area contributed by atoms with Crippen molar-refractivity contribution in [2.75, 3.05) is 19.5 Å². The molecule has 0 aromatic heterocycles. The number of hydrazone groups is 1. The fourth-order valence-corrected chi connectivity index (χ4v) is 2.08. The van der Waals surface area contributed by atoms with Crippen LogP contribution in [0.25, 0.3) is 0 Å². The molecule has 1 amide bonds. The number of hydrazine groups is 1. The number of hydrogen-bond acceptors (Lipinski definition) is 9. The van der Waals surface area contributed by atoms with E-state index in [0.29, 0.717) is 6.07 Å². The van der Waals surface area contributed by atoms with Crippen molar-refractivity contribution >= 4 is 52.4 Å². The lowest BCUT2D eigenvalue weighted by molar-refractivity contribution is -0.150. The highest BCUT2D eigenvalue weighted by Gasteiger charge is 2.41. The Labute approximate surface area is 178 Å². The third-order valence-electron chi connectivity index (χ3n) is 3.45. The van der Waals surface area contributed by atoms with Crippen LogP contribution in [0.3, 0.4) is 0 Å². The molecule has 0 aliphatic heterocycles. The molecule has 0 heterocycles. The smallest absolute Gasteiger partial charge is 0.416 e. The summed E-state index contributed by atoms with van der Waals surface area (Å²) in [6, 6.07) is 3.39. The predicted octanol–water partition coefficient (Wildman–Crippen LogP) is -0.131. The number of amides is 1. The highest BCUT2D eigenvalue weighted by atomic mass is 32.1. The lowest BCUT2D eigenvalue weighted by Gasteiger charge is -2.15. The number of carbonyl (C=O) groups is 4. The molecule has 1 rings (SSSR count). The number of methoxy groups -OCH3 is 2. The largest absolute Gasteiger partial charge is 0.468 e. The molecule has 0 radical (unpaired) electrons. The van der Waals surface area contributed by atoms with E-state index < -0.39 is 47.0 Å². The van der Waals surface area contributed by atoms with Crippen molar-refractivity contribution in [1.82, 2.24) is 10.9 Å². The van der Waals surface area contributed by atoms with E-state index in [4.69, 9.17) is 5.84 Å². The first kappa shape index (κ1) is 25.4. The summed E-state index contributed by atoms with van der Waals surface area (Å²) in [5.41, 5.74) is 1.59. The number of halogens is 3. The van der Waals surface area contributed by atoms with Crippen LogP contribution in [0, 0.1) is 5.92 Å². The number of ether oxygens (including phenoxy) is 2. The van der Waals surface area contributed by atoms with Gasteiger partial charge in [0.15, 0.2) is 11.6 Å². The maximum absolute atomic E-state index is 12.8. The van der Waals surface area contributed by atoms with Crippen LogP contribution in [-0.4, -0.2) is 48.7 Å². The second kappa shape index (κ2) is 11.0. The van der Waals surface area contributed by atoms with Gasteiger partial charge in [0.05, 0.1) is 19.8 Å². The Kier molecular flexibility index (Phi) is 9.01. The zero-order chi connectivity index (χ0) is 23.8. The van der Waals surface area contributed by atoms with Gasteiger partial charge in [-0.05, 0) is 30.4 Å². The Morgan fingerprint density at radius 3 is 2.32 bits per heavy atom. The van der Waals surface area contributed by atoms with E-state index in [1.54, 1.807) is 0 Å². The molecular weight excluding hydrogens is 447 g/mol. The lowest BCUT2D eigenvalue weighted by Crippen LogP contribution is -2.45. The van der Waals surface area contributed by atoms with Crippen LogP contribution in [0.4, 0.5) is 18.9 Å². The molecule has 11 nitrogen and oxygen atoms in total. The van der Waals surface area contributed by atoms with Gasteiger partial charge in [0.2, 0.25) is 10.9 Å². The zero-order valence-corrected chi connectivity index (χ0v) is 16.7. The van der Waals surface area contributed by atoms with Crippen LogP contribution < -0.4 is 22.0 Å². The molecule has 0 bridgehead atoms. The second-order valence-electron chi connectivity index (χ2n) is 5.43. The fraction of sp³-hybridized carbons (Fsp3) is 0.250. The summed E-state index contributed by atoms with van der Waals surface area (Å²) in [5, 5.41) is 5.04. The number of alkyl halides is 3. The normalized spacial score (nSPS) is 12.3. The highest BCUT2D eigenvalue weighted by Crippen LogP contribution is 2.30. The molecule has 168 valence electrons. The molecule has 31 heavy (non-hydrogen) atoms. The maximum Gasteiger partial charge on any atom is 0.416 e. The van der Waals surface area contributed by atoms with Crippen LogP contribution in [0.1, 0.15) is 5.56 Å². The van der Waals surface area contributed by atoms with Crippen molar-refractivity contribution in [1.29, 1.82) is 0 Å². The molecule has 0 aliphatic carbocycles. The van der Waals surface area contributed by atoms with Crippen molar-refractivity contribution < 1.29 is 41.8 Å². The minimum absolute atomic E-state index is 0.328. The fourth-order valence-electron chi connectivity index (χ4n) is 2.03. The minimum atomic E-state index is -4.70. The Morgan fingerprint density at radius 1 is 1.16 bits per heavy atom. The molecule has 5 N–H and O–H groups in total. The number of nitrogens with one attached hydrogen (secondary N) is 3. The SMILES string of the molecule is COC(=O)/C(=N/NC(=S)NN)[C@H](C(=O)OC)C(=O)C(=O)Nc1cccc(C(F)(F)F)c1. The zero-order valence-electron chi connectivity index (χ0n) is 15.9. The van der Waals surface area contributed by atoms with E-state index >= 15 is 0 Å². The first-order valence-corrected chi connectivity index (χ1v) is 8.39. The van der Waals surface area contributed by atoms with Gasteiger partial charge in [-0.3, -0.25) is 25.2 Å². The monoisotopic (exact) mass is 463 g/mol. The second-order valence-corrected chi connectivity index (χ2v) is 5.84. The van der Waals surface area contributed by atoms with Gasteiger partial charge in [0.25, 0.3) is 5.91 Å². The van der Waals surface area contributed by atoms with E-state index in [2.05, 4.69) is 26.8 Å². The van der Waals surface area contributed by atoms with E-state index in [1.807, 2.05) is 16.2 Å². The molecule has 1 aromatic carbocycles. The number of benzene rings is 1. The number of esters is 2. The van der Waals surface area contributed by atoms with Gasteiger partial charge in [-0.1, -0.05) is 6.07 Å². The number of ketones is 1. The van der Waals surface area contributed by atoms with Crippen molar-refractivity contribution in [3.8, 4) is 0 Å². The van der Waals surface area contributed by atoms with Crippen LogP contribution in [0.2, 0.25) is 0 Å². The van der Waals surface area contributed by atoms with Crippen molar-refractivity contribution in [2.24, 2.45) is 16.9 Å². The Hall–Kier alpha value is -3.59. The number of hydrogen-bond donors (Lipinski definition) is 4. The number of nitrogens with two attached hydrogens (primary N) is 1. The number of anilines is 1. The first-order valence-electron chi connectivity index (χ1n) is 7.99. The third-order valence-corrected chi connectivity index (χ3v) is 3.66. The average molecular weight is 463 g/mol. The van der Waals surface area contributed by atoms with Crippen LogP contribution in [0.5, 0.6) is 0 Å². The van der Waals surface area contributed by atoms with E-state index in [1.165, 1.54) is 0 Å². The van der Waals surface area contributed by atoms with Crippen molar-refractivity contribution in [3.05, 3.63) is 29.8 Å². The molecule has 0 unspecified atom stereocenters. The molecule has 0 aliphatic rings. The summed E-state index contributed by atoms with van der Waals surface area (Å²) < 4.78 is 47.3. The van der Waals surface area contributed by atoms with Gasteiger partial charge >= 0.3 is 18.1 Å². The molecule has 0 saturated heterocycles. The topological polar surface area (TPSA) is 161 Å². The Bertz CT molecular complexity index is 921. The summed E-state index contributed by atoms with van der Waals surface area (Å²) in [4.78, 5) is 49.0. The van der Waals surface area contributed by atoms with E-state index in [9.17, 15) is 32.3 Å². The standard InChI is InChI=1S/C16H16F3N5O6S/c1-29-13(27)9(10(14(28)30-2)23-24-15(31)22-20)11(25)12(26)21-8-5-3-4-7(6-8)16(17,18)19/h3-6,9H,20H2,1-2H3,(H,21,26)(H2,22,24,31)/b23-10+/t9-/m0/s1. The molecule has 1 atom stereocenters. The summed E-state index contributed by atoms with van der Waals surface area (Å²) >= 11 is 4.64. The highest BCUT2D eigenvalue weighted by molar-refractivity contribution is 7.80.